The Morgan fingerprint density at radius 3 is 2.28 bits per heavy atom. The molecule has 7 nitrogen and oxygen atoms in total. The third kappa shape index (κ3) is 7.13. The lowest BCUT2D eigenvalue weighted by Crippen LogP contribution is -2.35. The number of likely N-dealkylation sites (tertiary alicyclic amines) is 1. The molecule has 1 amide bonds. The molecule has 2 aromatic carbocycles. The fourth-order valence-corrected chi connectivity index (χ4v) is 4.22. The number of anilines is 1. The van der Waals surface area contributed by atoms with Crippen molar-refractivity contribution < 1.29 is 4.79 Å². The van der Waals surface area contributed by atoms with Gasteiger partial charge >= 0.3 is 0 Å². The van der Waals surface area contributed by atoms with Gasteiger partial charge in [-0.25, -0.2) is 9.97 Å². The lowest BCUT2D eigenvalue weighted by atomic mass is 10.0. The van der Waals surface area contributed by atoms with Gasteiger partial charge in [0.05, 0.1) is 11.1 Å². The quantitative estimate of drug-likeness (QED) is 0.359. The number of carbonyl (C=O) groups is 1. The van der Waals surface area contributed by atoms with Gasteiger partial charge in [-0.05, 0) is 43.2 Å². The molecule has 4 aromatic rings. The second kappa shape index (κ2) is 14.0. The van der Waals surface area contributed by atoms with Crippen LogP contribution < -0.4 is 5.73 Å². The molecule has 1 saturated heterocycles. The molecule has 3 N–H and O–H groups in total. The zero-order valence-corrected chi connectivity index (χ0v) is 21.7. The zero-order valence-electron chi connectivity index (χ0n) is 21.7. The molecule has 1 aliphatic rings. The summed E-state index contributed by atoms with van der Waals surface area (Å²) in [5, 5.41) is 7.96. The summed E-state index contributed by atoms with van der Waals surface area (Å²) in [4.78, 5) is 21.5. The molecule has 2 aromatic heterocycles. The van der Waals surface area contributed by atoms with Gasteiger partial charge in [-0.1, -0.05) is 75.4 Å². The maximum atomic E-state index is 11.3. The highest BCUT2D eigenvalue weighted by molar-refractivity contribution is 5.97. The van der Waals surface area contributed by atoms with Gasteiger partial charge in [0, 0.05) is 25.1 Å². The van der Waals surface area contributed by atoms with Crippen LogP contribution in [0.25, 0.3) is 22.3 Å². The molecule has 0 saturated carbocycles. The Labute approximate surface area is 214 Å². The number of aromatic nitrogens is 4. The van der Waals surface area contributed by atoms with Crippen molar-refractivity contribution in [1.82, 2.24) is 25.1 Å². The van der Waals surface area contributed by atoms with Crippen LogP contribution in [-0.4, -0.2) is 44.1 Å². The van der Waals surface area contributed by atoms with E-state index in [1.165, 1.54) is 36.7 Å². The molecular weight excluding hydrogens is 448 g/mol. The summed E-state index contributed by atoms with van der Waals surface area (Å²) in [6.45, 7) is 8.06. The third-order valence-electron chi connectivity index (χ3n) is 6.05. The number of rotatable bonds is 5. The highest BCUT2D eigenvalue weighted by atomic mass is 16.2. The highest BCUT2D eigenvalue weighted by Gasteiger charge is 2.14. The topological polar surface area (TPSA) is 101 Å². The molecule has 36 heavy (non-hydrogen) atoms. The number of amides is 1. The monoisotopic (exact) mass is 486 g/mol. The van der Waals surface area contributed by atoms with Crippen molar-refractivity contribution >= 4 is 22.8 Å². The highest BCUT2D eigenvalue weighted by Crippen LogP contribution is 2.28. The van der Waals surface area contributed by atoms with Crippen molar-refractivity contribution in [3.63, 3.8) is 0 Å². The summed E-state index contributed by atoms with van der Waals surface area (Å²) in [6.07, 6.45) is 7.76. The molecule has 3 heterocycles. The summed E-state index contributed by atoms with van der Waals surface area (Å²) < 4.78 is 0. The molecular formula is C29H38N6O. The first-order valence-corrected chi connectivity index (χ1v) is 13.0. The van der Waals surface area contributed by atoms with Crippen LogP contribution >= 0.6 is 0 Å². The first-order chi connectivity index (χ1) is 17.7. The molecule has 190 valence electrons. The largest absolute Gasteiger partial charge is 0.383 e. The van der Waals surface area contributed by atoms with Gasteiger partial charge < -0.3 is 10.6 Å². The predicted molar refractivity (Wildman–Crippen MR) is 147 cm³/mol. The second-order valence-corrected chi connectivity index (χ2v) is 8.61. The molecule has 1 fully saturated rings. The van der Waals surface area contributed by atoms with E-state index >= 15 is 0 Å². The molecule has 0 aliphatic carbocycles. The fraction of sp³-hybridized carbons (Fsp3) is 0.379. The van der Waals surface area contributed by atoms with E-state index in [0.29, 0.717) is 17.4 Å². The Kier molecular flexibility index (Phi) is 10.4. The molecule has 5 rings (SSSR count). The minimum atomic E-state index is 0.354. The van der Waals surface area contributed by atoms with Crippen molar-refractivity contribution in [3.05, 3.63) is 72.1 Å². The van der Waals surface area contributed by atoms with Gasteiger partial charge in [-0.3, -0.25) is 9.89 Å². The third-order valence-corrected chi connectivity index (χ3v) is 6.05. The average Bonchev–Trinajstić information content (AvgIpc) is 3.38. The van der Waals surface area contributed by atoms with Crippen LogP contribution in [0, 0.1) is 0 Å². The first-order valence-electron chi connectivity index (χ1n) is 13.0. The van der Waals surface area contributed by atoms with Gasteiger partial charge in [0.2, 0.25) is 5.91 Å². The summed E-state index contributed by atoms with van der Waals surface area (Å²) in [5.74, 6) is 0.791. The number of benzene rings is 2. The van der Waals surface area contributed by atoms with Gasteiger partial charge in [-0.2, -0.15) is 5.10 Å². The summed E-state index contributed by atoms with van der Waals surface area (Å²) in [5.41, 5.74) is 11.0. The van der Waals surface area contributed by atoms with E-state index in [0.717, 1.165) is 49.0 Å². The number of nitrogens with one attached hydrogen (secondary N) is 1. The number of hydrogen-bond acceptors (Lipinski definition) is 5. The number of carbonyl (C=O) groups excluding carboxylic acids is 1. The maximum Gasteiger partial charge on any atom is 0.222 e. The predicted octanol–water partition coefficient (Wildman–Crippen LogP) is 6.02. The van der Waals surface area contributed by atoms with Crippen molar-refractivity contribution in [2.75, 3.05) is 18.8 Å². The number of aromatic amines is 1. The Hall–Kier alpha value is -3.74. The minimum absolute atomic E-state index is 0.354. The number of nitrogen functional groups attached to an aromatic ring is 1. The Morgan fingerprint density at radius 2 is 1.61 bits per heavy atom. The summed E-state index contributed by atoms with van der Waals surface area (Å²) >= 11 is 0. The molecule has 1 aliphatic heterocycles. The minimum Gasteiger partial charge on any atom is -0.383 e. The SMILES string of the molecule is CC.CCCC(=O)N1CCCCC1.Nc1ncnc2n[nH]c(-c3ccc(Cc4ccccc4)cc3)c12. The van der Waals surface area contributed by atoms with E-state index in [-0.39, 0.29) is 0 Å². The van der Waals surface area contributed by atoms with Gasteiger partial charge in [0.1, 0.15) is 12.1 Å². The standard InChI is InChI=1S/C18H15N5.C9H17NO.C2H6/c19-17-15-16(22-23-18(15)21-11-20-17)14-8-6-13(7-9-14)10-12-4-2-1-3-5-12;1-2-6-9(11)10-7-4-3-5-8-10;1-2/h1-9,11H,10H2,(H3,19,20,21,22,23);2-8H2,1H3;1-2H3. The molecule has 0 atom stereocenters. The summed E-state index contributed by atoms with van der Waals surface area (Å²) in [7, 11) is 0. The Balaban J connectivity index is 0.000000235. The number of piperidine rings is 1. The zero-order chi connectivity index (χ0) is 25.8. The van der Waals surface area contributed by atoms with E-state index in [1.54, 1.807) is 0 Å². The number of H-pyrrole nitrogens is 1. The van der Waals surface area contributed by atoms with Gasteiger partial charge in [0.25, 0.3) is 0 Å². The van der Waals surface area contributed by atoms with Crippen LogP contribution in [0.1, 0.15) is 64.0 Å². The van der Waals surface area contributed by atoms with E-state index in [4.69, 9.17) is 5.73 Å². The maximum absolute atomic E-state index is 11.3. The molecule has 0 spiro atoms. The number of nitrogens with two attached hydrogens (primary N) is 1. The van der Waals surface area contributed by atoms with E-state index in [9.17, 15) is 4.79 Å². The van der Waals surface area contributed by atoms with E-state index in [2.05, 4.69) is 75.6 Å². The normalized spacial score (nSPS) is 12.8. The van der Waals surface area contributed by atoms with Crippen molar-refractivity contribution in [1.29, 1.82) is 0 Å². The number of fused-ring (bicyclic) bond motifs is 1. The second-order valence-electron chi connectivity index (χ2n) is 8.61. The van der Waals surface area contributed by atoms with E-state index < -0.39 is 0 Å². The van der Waals surface area contributed by atoms with Crippen molar-refractivity contribution in [3.8, 4) is 11.3 Å². The van der Waals surface area contributed by atoms with Gasteiger partial charge in [0.15, 0.2) is 5.65 Å². The van der Waals surface area contributed by atoms with Gasteiger partial charge in [-0.15, -0.1) is 0 Å². The van der Waals surface area contributed by atoms with Crippen LogP contribution in [0.4, 0.5) is 5.82 Å². The number of hydrogen-bond donors (Lipinski definition) is 2. The van der Waals surface area contributed by atoms with Crippen LogP contribution in [0.5, 0.6) is 0 Å². The average molecular weight is 487 g/mol. The van der Waals surface area contributed by atoms with Crippen molar-refractivity contribution in [2.45, 2.75) is 59.3 Å². The lowest BCUT2D eigenvalue weighted by Gasteiger charge is -2.26. The summed E-state index contributed by atoms with van der Waals surface area (Å²) in [6, 6.07) is 18.8. The van der Waals surface area contributed by atoms with Crippen molar-refractivity contribution in [2.24, 2.45) is 0 Å². The molecule has 7 heteroatoms. The molecule has 0 unspecified atom stereocenters. The lowest BCUT2D eigenvalue weighted by molar-refractivity contribution is -0.132. The Bertz CT molecular complexity index is 1200. The first kappa shape index (κ1) is 26.9. The fourth-order valence-electron chi connectivity index (χ4n) is 4.22. The number of nitrogens with zero attached hydrogens (tertiary/aromatic N) is 4. The smallest absolute Gasteiger partial charge is 0.222 e. The van der Waals surface area contributed by atoms with Crippen LogP contribution in [-0.2, 0) is 11.2 Å². The van der Waals surface area contributed by atoms with Crippen LogP contribution in [0.3, 0.4) is 0 Å². The van der Waals surface area contributed by atoms with Crippen LogP contribution in [0.15, 0.2) is 60.9 Å². The van der Waals surface area contributed by atoms with E-state index in [1.807, 2.05) is 24.8 Å². The Morgan fingerprint density at radius 1 is 0.944 bits per heavy atom. The molecule has 0 radical (unpaired) electrons. The molecule has 0 bridgehead atoms. The van der Waals surface area contributed by atoms with Crippen LogP contribution in [0.2, 0.25) is 0 Å².